The van der Waals surface area contributed by atoms with E-state index in [0.717, 1.165) is 6.26 Å². The number of ether oxygens (including phenoxy) is 1. The standard InChI is InChI=1S/C10H11BrO5S/c1-17(14,15)5-4-16-9-3-2-7(10(12)13)6-8(9)11/h2-3,6H,4-5H2,1H3,(H,12,13). The van der Waals surface area contributed by atoms with Gasteiger partial charge >= 0.3 is 5.97 Å². The highest BCUT2D eigenvalue weighted by atomic mass is 79.9. The van der Waals surface area contributed by atoms with Crippen molar-refractivity contribution in [2.75, 3.05) is 18.6 Å². The van der Waals surface area contributed by atoms with Crippen LogP contribution >= 0.6 is 15.9 Å². The molecule has 0 bridgehead atoms. The van der Waals surface area contributed by atoms with E-state index in [1.165, 1.54) is 18.2 Å². The smallest absolute Gasteiger partial charge is 0.335 e. The van der Waals surface area contributed by atoms with Gasteiger partial charge in [0, 0.05) is 6.26 Å². The molecule has 0 atom stereocenters. The number of carboxylic acids is 1. The van der Waals surface area contributed by atoms with Crippen LogP contribution in [0.3, 0.4) is 0 Å². The van der Waals surface area contributed by atoms with Crippen LogP contribution in [0.15, 0.2) is 22.7 Å². The molecule has 5 nitrogen and oxygen atoms in total. The van der Waals surface area contributed by atoms with E-state index in [1.807, 2.05) is 0 Å². The number of hydrogen-bond acceptors (Lipinski definition) is 4. The van der Waals surface area contributed by atoms with Crippen molar-refractivity contribution in [3.8, 4) is 5.75 Å². The molecule has 17 heavy (non-hydrogen) atoms. The van der Waals surface area contributed by atoms with Crippen molar-refractivity contribution >= 4 is 31.7 Å². The Labute approximate surface area is 107 Å². The van der Waals surface area contributed by atoms with E-state index < -0.39 is 15.8 Å². The molecule has 0 radical (unpaired) electrons. The summed E-state index contributed by atoms with van der Waals surface area (Å²) in [7, 11) is -3.06. The fourth-order valence-corrected chi connectivity index (χ4v) is 1.93. The Balaban J connectivity index is 2.70. The third-order valence-electron chi connectivity index (χ3n) is 1.89. The van der Waals surface area contributed by atoms with Gasteiger partial charge in [-0.25, -0.2) is 13.2 Å². The first-order valence-electron chi connectivity index (χ1n) is 4.63. The zero-order valence-electron chi connectivity index (χ0n) is 9.01. The molecule has 0 aliphatic heterocycles. The van der Waals surface area contributed by atoms with Crippen LogP contribution in [0.4, 0.5) is 0 Å². The van der Waals surface area contributed by atoms with Crippen molar-refractivity contribution in [3.63, 3.8) is 0 Å². The number of halogens is 1. The van der Waals surface area contributed by atoms with Crippen LogP contribution in [-0.4, -0.2) is 38.1 Å². The molecule has 1 aromatic carbocycles. The number of aromatic carboxylic acids is 1. The number of benzene rings is 1. The van der Waals surface area contributed by atoms with Gasteiger partial charge in [0.1, 0.15) is 12.4 Å². The molecule has 0 aliphatic rings. The second-order valence-electron chi connectivity index (χ2n) is 3.43. The largest absolute Gasteiger partial charge is 0.491 e. The van der Waals surface area contributed by atoms with Crippen molar-refractivity contribution in [2.24, 2.45) is 0 Å². The minimum absolute atomic E-state index is 0.0316. The van der Waals surface area contributed by atoms with Gasteiger partial charge in [0.2, 0.25) is 0 Å². The topological polar surface area (TPSA) is 80.7 Å². The first-order valence-corrected chi connectivity index (χ1v) is 7.48. The van der Waals surface area contributed by atoms with E-state index in [9.17, 15) is 13.2 Å². The first kappa shape index (κ1) is 14.0. The van der Waals surface area contributed by atoms with Crippen molar-refractivity contribution < 1.29 is 23.1 Å². The van der Waals surface area contributed by atoms with Gasteiger partial charge in [0.15, 0.2) is 9.84 Å². The molecular formula is C10H11BrO5S. The molecule has 0 amide bonds. The quantitative estimate of drug-likeness (QED) is 0.890. The van der Waals surface area contributed by atoms with Gasteiger partial charge in [-0.15, -0.1) is 0 Å². The molecule has 94 valence electrons. The number of carboxylic acid groups (broad SMARTS) is 1. The summed E-state index contributed by atoms with van der Waals surface area (Å²) >= 11 is 3.16. The van der Waals surface area contributed by atoms with Crippen molar-refractivity contribution in [1.29, 1.82) is 0 Å². The van der Waals surface area contributed by atoms with Crippen molar-refractivity contribution in [1.82, 2.24) is 0 Å². The molecule has 0 saturated heterocycles. The maximum Gasteiger partial charge on any atom is 0.335 e. The van der Waals surface area contributed by atoms with Crippen molar-refractivity contribution in [2.45, 2.75) is 0 Å². The summed E-state index contributed by atoms with van der Waals surface area (Å²) in [5.74, 6) is -0.702. The van der Waals surface area contributed by atoms with E-state index in [1.54, 1.807) is 0 Å². The molecule has 0 aromatic heterocycles. The number of hydrogen-bond donors (Lipinski definition) is 1. The lowest BCUT2D eigenvalue weighted by Crippen LogP contribution is -2.12. The van der Waals surface area contributed by atoms with E-state index in [0.29, 0.717) is 10.2 Å². The fourth-order valence-electron chi connectivity index (χ4n) is 1.05. The fraction of sp³-hybridized carbons (Fsp3) is 0.300. The number of rotatable bonds is 5. The van der Waals surface area contributed by atoms with Gasteiger partial charge in [-0.3, -0.25) is 0 Å². The summed E-state index contributed by atoms with van der Waals surface area (Å²) in [5.41, 5.74) is 0.132. The van der Waals surface area contributed by atoms with Gasteiger partial charge in [0.25, 0.3) is 0 Å². The first-order chi connectivity index (χ1) is 7.79. The average molecular weight is 323 g/mol. The normalized spacial score (nSPS) is 11.2. The van der Waals surface area contributed by atoms with Crippen LogP contribution in [0.5, 0.6) is 5.75 Å². The monoisotopic (exact) mass is 322 g/mol. The molecule has 0 unspecified atom stereocenters. The molecule has 0 spiro atoms. The molecule has 1 aromatic rings. The van der Waals surface area contributed by atoms with Crippen LogP contribution in [-0.2, 0) is 9.84 Å². The predicted octanol–water partition coefficient (Wildman–Crippen LogP) is 1.57. The minimum atomic E-state index is -3.06. The Bertz CT molecular complexity index is 523. The van der Waals surface area contributed by atoms with Gasteiger partial charge < -0.3 is 9.84 Å². The van der Waals surface area contributed by atoms with Gasteiger partial charge in [-0.2, -0.15) is 0 Å². The molecule has 0 fully saturated rings. The average Bonchev–Trinajstić information content (AvgIpc) is 2.18. The maximum atomic E-state index is 10.9. The minimum Gasteiger partial charge on any atom is -0.491 e. The Morgan fingerprint density at radius 2 is 2.12 bits per heavy atom. The summed E-state index contributed by atoms with van der Waals surface area (Å²) in [4.78, 5) is 10.7. The third-order valence-corrected chi connectivity index (χ3v) is 3.42. The zero-order valence-corrected chi connectivity index (χ0v) is 11.4. The molecule has 7 heteroatoms. The summed E-state index contributed by atoms with van der Waals surface area (Å²) in [6.07, 6.45) is 1.12. The van der Waals surface area contributed by atoms with E-state index in [-0.39, 0.29) is 17.9 Å². The van der Waals surface area contributed by atoms with Crippen LogP contribution in [0.1, 0.15) is 10.4 Å². The number of carbonyl (C=O) groups is 1. The highest BCUT2D eigenvalue weighted by Crippen LogP contribution is 2.26. The second kappa shape index (κ2) is 5.50. The Morgan fingerprint density at radius 1 is 1.47 bits per heavy atom. The lowest BCUT2D eigenvalue weighted by atomic mass is 10.2. The predicted molar refractivity (Wildman–Crippen MR) is 66.3 cm³/mol. The van der Waals surface area contributed by atoms with Gasteiger partial charge in [0.05, 0.1) is 15.8 Å². The summed E-state index contributed by atoms with van der Waals surface area (Å²) in [5, 5.41) is 8.74. The SMILES string of the molecule is CS(=O)(=O)CCOc1ccc(C(=O)O)cc1Br. The molecule has 1 rings (SSSR count). The number of sulfone groups is 1. The summed E-state index contributed by atoms with van der Waals surface area (Å²) in [6.45, 7) is 0.0316. The van der Waals surface area contributed by atoms with Crippen LogP contribution in [0, 0.1) is 0 Å². The lowest BCUT2D eigenvalue weighted by Gasteiger charge is -2.07. The lowest BCUT2D eigenvalue weighted by molar-refractivity contribution is 0.0696. The van der Waals surface area contributed by atoms with Crippen LogP contribution in [0.2, 0.25) is 0 Å². The van der Waals surface area contributed by atoms with Crippen molar-refractivity contribution in [3.05, 3.63) is 28.2 Å². The third kappa shape index (κ3) is 4.74. The molecular weight excluding hydrogens is 312 g/mol. The van der Waals surface area contributed by atoms with E-state index in [2.05, 4.69) is 15.9 Å². The highest BCUT2D eigenvalue weighted by molar-refractivity contribution is 9.10. The molecule has 0 saturated carbocycles. The Kier molecular flexibility index (Phi) is 4.53. The Hall–Kier alpha value is -1.08. The Morgan fingerprint density at radius 3 is 2.59 bits per heavy atom. The summed E-state index contributed by atoms with van der Waals surface area (Å²) in [6, 6.07) is 4.27. The molecule has 0 heterocycles. The zero-order chi connectivity index (χ0) is 13.1. The van der Waals surface area contributed by atoms with Crippen LogP contribution < -0.4 is 4.74 Å². The molecule has 1 N–H and O–H groups in total. The molecule has 0 aliphatic carbocycles. The maximum absolute atomic E-state index is 10.9. The van der Waals surface area contributed by atoms with E-state index in [4.69, 9.17) is 9.84 Å². The van der Waals surface area contributed by atoms with Gasteiger partial charge in [-0.1, -0.05) is 0 Å². The highest BCUT2D eigenvalue weighted by Gasteiger charge is 2.08. The summed E-state index contributed by atoms with van der Waals surface area (Å²) < 4.78 is 27.5. The van der Waals surface area contributed by atoms with Crippen LogP contribution in [0.25, 0.3) is 0 Å². The second-order valence-corrected chi connectivity index (χ2v) is 6.54. The van der Waals surface area contributed by atoms with Gasteiger partial charge in [-0.05, 0) is 34.1 Å². The van der Waals surface area contributed by atoms with E-state index >= 15 is 0 Å².